The van der Waals surface area contributed by atoms with Crippen molar-refractivity contribution in [2.75, 3.05) is 20.1 Å². The predicted octanol–water partition coefficient (Wildman–Crippen LogP) is 2.52. The van der Waals surface area contributed by atoms with Crippen molar-refractivity contribution in [3.8, 4) is 10.6 Å². The van der Waals surface area contributed by atoms with Gasteiger partial charge in [-0.25, -0.2) is 13.8 Å². The third-order valence-corrected chi connectivity index (χ3v) is 4.66. The molecule has 1 aromatic heterocycles. The fourth-order valence-electron chi connectivity index (χ4n) is 2.51. The van der Waals surface area contributed by atoms with Crippen LogP contribution in [0.3, 0.4) is 0 Å². The molecule has 0 saturated carbocycles. The summed E-state index contributed by atoms with van der Waals surface area (Å²) < 4.78 is 27.5. The average molecular weight is 323 g/mol. The summed E-state index contributed by atoms with van der Waals surface area (Å²) in [6.45, 7) is 1.63. The fourth-order valence-corrected chi connectivity index (χ4v) is 3.35. The molecule has 1 aromatic carbocycles. The summed E-state index contributed by atoms with van der Waals surface area (Å²) in [6.07, 6.45) is 0.890. The highest BCUT2D eigenvalue weighted by Gasteiger charge is 2.26. The normalized spacial score (nSPS) is 17.7. The number of nitrogens with zero attached hydrogens (tertiary/aromatic N) is 2. The molecule has 1 atom stereocenters. The van der Waals surface area contributed by atoms with Gasteiger partial charge in [-0.2, -0.15) is 0 Å². The summed E-state index contributed by atoms with van der Waals surface area (Å²) in [4.78, 5) is 18.2. The van der Waals surface area contributed by atoms with Gasteiger partial charge < -0.3 is 10.2 Å². The van der Waals surface area contributed by atoms with Gasteiger partial charge in [0, 0.05) is 25.0 Å². The molecule has 1 aliphatic heterocycles. The van der Waals surface area contributed by atoms with Crippen LogP contribution in [0.25, 0.3) is 10.6 Å². The van der Waals surface area contributed by atoms with Crippen LogP contribution < -0.4 is 5.32 Å². The van der Waals surface area contributed by atoms with Gasteiger partial charge in [-0.05, 0) is 25.1 Å². The van der Waals surface area contributed by atoms with Crippen LogP contribution in [0.5, 0.6) is 0 Å². The second kappa shape index (κ2) is 6.10. The lowest BCUT2D eigenvalue weighted by atomic mass is 10.2. The first-order valence-corrected chi connectivity index (χ1v) is 7.83. The largest absolute Gasteiger partial charge is 0.336 e. The lowest BCUT2D eigenvalue weighted by molar-refractivity contribution is 0.0738. The molecule has 22 heavy (non-hydrogen) atoms. The van der Waals surface area contributed by atoms with Gasteiger partial charge in [0.1, 0.15) is 22.3 Å². The highest BCUT2D eigenvalue weighted by atomic mass is 32.1. The maximum Gasteiger partial charge on any atom is 0.273 e. The van der Waals surface area contributed by atoms with Crippen molar-refractivity contribution in [3.63, 3.8) is 0 Å². The van der Waals surface area contributed by atoms with Crippen LogP contribution in [0.15, 0.2) is 23.6 Å². The number of carbonyl (C=O) groups excluding carboxylic acids is 1. The summed E-state index contributed by atoms with van der Waals surface area (Å²) >= 11 is 1.07. The highest BCUT2D eigenvalue weighted by Crippen LogP contribution is 2.29. The molecule has 1 aliphatic rings. The van der Waals surface area contributed by atoms with Gasteiger partial charge in [0.05, 0.1) is 5.56 Å². The van der Waals surface area contributed by atoms with Crippen molar-refractivity contribution in [2.45, 2.75) is 12.5 Å². The number of halogens is 2. The van der Waals surface area contributed by atoms with E-state index in [1.807, 2.05) is 0 Å². The van der Waals surface area contributed by atoms with Gasteiger partial charge >= 0.3 is 0 Å². The van der Waals surface area contributed by atoms with Gasteiger partial charge in [0.25, 0.3) is 5.91 Å². The van der Waals surface area contributed by atoms with E-state index in [-0.39, 0.29) is 28.2 Å². The van der Waals surface area contributed by atoms with Crippen molar-refractivity contribution < 1.29 is 13.6 Å². The van der Waals surface area contributed by atoms with E-state index in [1.165, 1.54) is 18.2 Å². The minimum Gasteiger partial charge on any atom is -0.336 e. The Hall–Kier alpha value is -1.86. The zero-order valence-corrected chi connectivity index (χ0v) is 12.8. The zero-order chi connectivity index (χ0) is 15.7. The third kappa shape index (κ3) is 2.74. The van der Waals surface area contributed by atoms with Crippen LogP contribution in [0.2, 0.25) is 0 Å². The van der Waals surface area contributed by atoms with Crippen LogP contribution in [0.4, 0.5) is 8.78 Å². The Bertz CT molecular complexity index is 678. The van der Waals surface area contributed by atoms with E-state index in [2.05, 4.69) is 10.3 Å². The lowest BCUT2D eigenvalue weighted by Crippen LogP contribution is -2.38. The second-order valence-electron chi connectivity index (χ2n) is 5.20. The van der Waals surface area contributed by atoms with Crippen molar-refractivity contribution in [1.29, 1.82) is 0 Å². The Morgan fingerprint density at radius 2 is 2.14 bits per heavy atom. The van der Waals surface area contributed by atoms with Crippen molar-refractivity contribution in [1.82, 2.24) is 15.2 Å². The van der Waals surface area contributed by atoms with Gasteiger partial charge in [0.15, 0.2) is 0 Å². The molecule has 1 amide bonds. The number of aromatic nitrogens is 1. The molecule has 0 radical (unpaired) electrons. The van der Waals surface area contributed by atoms with E-state index in [1.54, 1.807) is 17.3 Å². The van der Waals surface area contributed by atoms with Crippen molar-refractivity contribution in [3.05, 3.63) is 40.9 Å². The quantitative estimate of drug-likeness (QED) is 0.944. The van der Waals surface area contributed by atoms with Crippen LogP contribution in [-0.2, 0) is 0 Å². The standard InChI is InChI=1S/C15H15F2N3OS/c1-20(9-5-6-18-7-9)15(21)12-8-22-14(19-12)13-10(16)3-2-4-11(13)17/h2-4,8-9,18H,5-7H2,1H3. The predicted molar refractivity (Wildman–Crippen MR) is 80.8 cm³/mol. The minimum atomic E-state index is -0.679. The molecule has 3 rings (SSSR count). The maximum atomic E-state index is 13.8. The summed E-state index contributed by atoms with van der Waals surface area (Å²) in [5.74, 6) is -1.59. The first-order valence-electron chi connectivity index (χ1n) is 6.95. The summed E-state index contributed by atoms with van der Waals surface area (Å²) in [6, 6.07) is 3.78. The second-order valence-corrected chi connectivity index (χ2v) is 6.06. The SMILES string of the molecule is CN(C(=O)c1csc(-c2c(F)cccc2F)n1)C1CCNC1. The van der Waals surface area contributed by atoms with Crippen molar-refractivity contribution >= 4 is 17.2 Å². The smallest absolute Gasteiger partial charge is 0.273 e. The molecule has 2 heterocycles. The molecule has 116 valence electrons. The van der Waals surface area contributed by atoms with Gasteiger partial charge in [-0.3, -0.25) is 4.79 Å². The number of likely N-dealkylation sites (N-methyl/N-ethyl adjacent to an activating group) is 1. The zero-order valence-electron chi connectivity index (χ0n) is 12.0. The van der Waals surface area contributed by atoms with Crippen molar-refractivity contribution in [2.24, 2.45) is 0 Å². The Morgan fingerprint density at radius 3 is 2.77 bits per heavy atom. The first kappa shape index (κ1) is 15.1. The van der Waals surface area contributed by atoms with Gasteiger partial charge in [0.2, 0.25) is 0 Å². The van der Waals surface area contributed by atoms with E-state index >= 15 is 0 Å². The molecule has 1 fully saturated rings. The summed E-state index contributed by atoms with van der Waals surface area (Å²) in [7, 11) is 1.72. The Kier molecular flexibility index (Phi) is 4.17. The van der Waals surface area contributed by atoms with Gasteiger partial charge in [-0.15, -0.1) is 11.3 Å². The summed E-state index contributed by atoms with van der Waals surface area (Å²) in [5.41, 5.74) is 0.0359. The summed E-state index contributed by atoms with van der Waals surface area (Å²) in [5, 5.41) is 4.92. The lowest BCUT2D eigenvalue weighted by Gasteiger charge is -2.22. The van der Waals surface area contributed by atoms with Crippen LogP contribution in [0, 0.1) is 11.6 Å². The maximum absolute atomic E-state index is 13.8. The topological polar surface area (TPSA) is 45.2 Å². The van der Waals surface area contributed by atoms with E-state index < -0.39 is 11.6 Å². The monoisotopic (exact) mass is 323 g/mol. The molecular formula is C15H15F2N3OS. The molecule has 4 nitrogen and oxygen atoms in total. The number of thiazole rings is 1. The molecule has 0 aliphatic carbocycles. The minimum absolute atomic E-state index is 0.128. The van der Waals surface area contributed by atoms with Crippen LogP contribution in [-0.4, -0.2) is 42.0 Å². The Morgan fingerprint density at radius 1 is 1.41 bits per heavy atom. The molecule has 1 unspecified atom stereocenters. The third-order valence-electron chi connectivity index (χ3n) is 3.80. The molecular weight excluding hydrogens is 308 g/mol. The van der Waals surface area contributed by atoms with E-state index in [4.69, 9.17) is 0 Å². The van der Waals surface area contributed by atoms with Crippen LogP contribution in [0.1, 0.15) is 16.9 Å². The number of carbonyl (C=O) groups is 1. The van der Waals surface area contributed by atoms with E-state index in [0.29, 0.717) is 0 Å². The number of nitrogens with one attached hydrogen (secondary N) is 1. The number of benzene rings is 1. The first-order chi connectivity index (χ1) is 10.6. The molecule has 0 spiro atoms. The highest BCUT2D eigenvalue weighted by molar-refractivity contribution is 7.13. The molecule has 2 aromatic rings. The number of rotatable bonds is 3. The Balaban J connectivity index is 1.86. The Labute approximate surface area is 130 Å². The number of amides is 1. The van der Waals surface area contributed by atoms with E-state index in [0.717, 1.165) is 30.8 Å². The molecule has 1 saturated heterocycles. The number of hydrogen-bond acceptors (Lipinski definition) is 4. The molecule has 0 bridgehead atoms. The molecule has 1 N–H and O–H groups in total. The fraction of sp³-hybridized carbons (Fsp3) is 0.333. The molecule has 7 heteroatoms. The average Bonchev–Trinajstić information content (AvgIpc) is 3.17. The van der Waals surface area contributed by atoms with Gasteiger partial charge in [-0.1, -0.05) is 6.07 Å². The van der Waals surface area contributed by atoms with E-state index in [9.17, 15) is 13.6 Å². The number of hydrogen-bond donors (Lipinski definition) is 1. The van der Waals surface area contributed by atoms with Crippen LogP contribution >= 0.6 is 11.3 Å².